The molecule has 96 valence electrons. The van der Waals surface area contributed by atoms with E-state index >= 15 is 0 Å². The number of nitrogens with zero attached hydrogens (tertiary/aromatic N) is 2. The van der Waals surface area contributed by atoms with Crippen LogP contribution in [0.1, 0.15) is 25.5 Å². The van der Waals surface area contributed by atoms with Gasteiger partial charge < -0.3 is 14.6 Å². The van der Waals surface area contributed by atoms with Crippen molar-refractivity contribution in [1.29, 1.82) is 0 Å². The van der Waals surface area contributed by atoms with Crippen molar-refractivity contribution >= 4 is 0 Å². The van der Waals surface area contributed by atoms with Gasteiger partial charge in [0.05, 0.1) is 19.9 Å². The molecule has 5 nitrogen and oxygen atoms in total. The highest BCUT2D eigenvalue weighted by Crippen LogP contribution is 2.48. The van der Waals surface area contributed by atoms with E-state index in [0.29, 0.717) is 12.3 Å². The summed E-state index contributed by atoms with van der Waals surface area (Å²) in [7, 11) is 3.20. The second kappa shape index (κ2) is 4.66. The average molecular weight is 240 g/mol. The Morgan fingerprint density at radius 3 is 2.71 bits per heavy atom. The summed E-state index contributed by atoms with van der Waals surface area (Å²) in [5.41, 5.74) is -0.237. The van der Waals surface area contributed by atoms with Gasteiger partial charge in [0.1, 0.15) is 11.3 Å². The van der Waals surface area contributed by atoms with Gasteiger partial charge in [0.15, 0.2) is 5.75 Å². The molecule has 2 rings (SSSR count). The summed E-state index contributed by atoms with van der Waals surface area (Å²) in [5.74, 6) is 0.886. The lowest BCUT2D eigenvalue weighted by Crippen LogP contribution is -2.36. The van der Waals surface area contributed by atoms with E-state index in [9.17, 15) is 5.11 Å². The molecule has 1 unspecified atom stereocenters. The molecule has 0 radical (unpaired) electrons. The highest BCUT2D eigenvalue weighted by molar-refractivity contribution is 5.33. The summed E-state index contributed by atoms with van der Waals surface area (Å²) in [6.45, 7) is 2.98. The lowest BCUT2D eigenvalue weighted by Gasteiger charge is -2.28. The minimum Gasteiger partial charge on any atom is -0.493 e. The molecule has 1 atom stereocenters. The average Bonchev–Trinajstić information content (AvgIpc) is 3.09. The van der Waals surface area contributed by atoms with Crippen LogP contribution in [-0.2, 0) is 16.9 Å². The van der Waals surface area contributed by atoms with Gasteiger partial charge in [-0.2, -0.15) is 5.10 Å². The summed E-state index contributed by atoms with van der Waals surface area (Å²) in [4.78, 5) is 0. The molecule has 0 bridgehead atoms. The quantitative estimate of drug-likeness (QED) is 0.810. The number of hydrogen-bond donors (Lipinski definition) is 1. The van der Waals surface area contributed by atoms with Crippen LogP contribution >= 0.6 is 0 Å². The van der Waals surface area contributed by atoms with Crippen molar-refractivity contribution in [2.45, 2.75) is 31.9 Å². The molecule has 1 fully saturated rings. The van der Waals surface area contributed by atoms with Gasteiger partial charge in [0.25, 0.3) is 0 Å². The predicted molar refractivity (Wildman–Crippen MR) is 62.9 cm³/mol. The van der Waals surface area contributed by atoms with Gasteiger partial charge in [-0.25, -0.2) is 0 Å². The zero-order valence-electron chi connectivity index (χ0n) is 10.6. The summed E-state index contributed by atoms with van der Waals surface area (Å²) >= 11 is 0. The van der Waals surface area contributed by atoms with E-state index in [-0.39, 0.29) is 12.5 Å². The number of hydrogen-bond acceptors (Lipinski definition) is 4. The Hall–Kier alpha value is -1.07. The van der Waals surface area contributed by atoms with Gasteiger partial charge in [-0.3, -0.25) is 4.68 Å². The van der Waals surface area contributed by atoms with E-state index in [0.717, 1.165) is 18.5 Å². The molecule has 0 aliphatic heterocycles. The summed E-state index contributed by atoms with van der Waals surface area (Å²) in [6.07, 6.45) is 3.71. The van der Waals surface area contributed by atoms with Gasteiger partial charge >= 0.3 is 0 Å². The van der Waals surface area contributed by atoms with Crippen molar-refractivity contribution in [2.24, 2.45) is 5.92 Å². The van der Waals surface area contributed by atoms with Crippen molar-refractivity contribution in [3.05, 3.63) is 11.9 Å². The lowest BCUT2D eigenvalue weighted by atomic mass is 9.94. The molecule has 0 aromatic carbocycles. The Morgan fingerprint density at radius 1 is 1.53 bits per heavy atom. The molecule has 1 aliphatic carbocycles. The van der Waals surface area contributed by atoms with Crippen LogP contribution < -0.4 is 4.74 Å². The van der Waals surface area contributed by atoms with Crippen molar-refractivity contribution in [1.82, 2.24) is 9.78 Å². The van der Waals surface area contributed by atoms with Crippen molar-refractivity contribution in [2.75, 3.05) is 20.8 Å². The first kappa shape index (κ1) is 12.4. The molecule has 1 aromatic heterocycles. The highest BCUT2D eigenvalue weighted by atomic mass is 16.5. The van der Waals surface area contributed by atoms with E-state index in [2.05, 4.69) is 5.10 Å². The van der Waals surface area contributed by atoms with Crippen LogP contribution in [-0.4, -0.2) is 35.7 Å². The van der Waals surface area contributed by atoms with E-state index < -0.39 is 5.60 Å². The first-order valence-corrected chi connectivity index (χ1v) is 5.99. The second-order valence-electron chi connectivity index (χ2n) is 4.51. The van der Waals surface area contributed by atoms with Crippen LogP contribution in [0.15, 0.2) is 6.20 Å². The molecular weight excluding hydrogens is 220 g/mol. The molecule has 5 heteroatoms. The zero-order chi connectivity index (χ0) is 12.5. The molecule has 0 amide bonds. The minimum absolute atomic E-state index is 0.248. The van der Waals surface area contributed by atoms with Crippen LogP contribution in [0.3, 0.4) is 0 Å². The van der Waals surface area contributed by atoms with Crippen LogP contribution in [0.2, 0.25) is 0 Å². The van der Waals surface area contributed by atoms with E-state index in [4.69, 9.17) is 9.47 Å². The standard InChI is InChI=1S/C12H20N2O3/c1-4-14-11(10(17-3)7-13-14)12(15,8-16-2)9-5-6-9/h7,9,15H,4-6,8H2,1-3H3. The maximum absolute atomic E-state index is 10.9. The minimum atomic E-state index is -0.980. The fourth-order valence-electron chi connectivity index (χ4n) is 2.35. The molecule has 1 N–H and O–H groups in total. The van der Waals surface area contributed by atoms with Crippen LogP contribution in [0, 0.1) is 5.92 Å². The van der Waals surface area contributed by atoms with Crippen LogP contribution in [0.5, 0.6) is 5.75 Å². The fraction of sp³-hybridized carbons (Fsp3) is 0.750. The fourth-order valence-corrected chi connectivity index (χ4v) is 2.35. The molecule has 0 spiro atoms. The van der Waals surface area contributed by atoms with Gasteiger partial charge in [-0.1, -0.05) is 0 Å². The van der Waals surface area contributed by atoms with E-state index in [1.807, 2.05) is 6.92 Å². The Labute approximate surface area is 101 Å². The maximum atomic E-state index is 10.9. The number of rotatable bonds is 6. The maximum Gasteiger partial charge on any atom is 0.163 e. The topological polar surface area (TPSA) is 56.5 Å². The molecule has 1 aliphatic rings. The lowest BCUT2D eigenvalue weighted by molar-refractivity contribution is -0.0607. The van der Waals surface area contributed by atoms with Crippen molar-refractivity contribution < 1.29 is 14.6 Å². The van der Waals surface area contributed by atoms with Gasteiger partial charge in [0.2, 0.25) is 0 Å². The predicted octanol–water partition coefficient (Wildman–Crippen LogP) is 1.16. The van der Waals surface area contributed by atoms with Gasteiger partial charge in [-0.05, 0) is 25.7 Å². The molecule has 1 heterocycles. The second-order valence-corrected chi connectivity index (χ2v) is 4.51. The Morgan fingerprint density at radius 2 is 2.24 bits per heavy atom. The highest BCUT2D eigenvalue weighted by Gasteiger charge is 2.49. The number of ether oxygens (including phenoxy) is 2. The first-order valence-electron chi connectivity index (χ1n) is 5.99. The third-order valence-corrected chi connectivity index (χ3v) is 3.35. The summed E-state index contributed by atoms with van der Waals surface area (Å²) in [6, 6.07) is 0. The first-order chi connectivity index (χ1) is 8.17. The number of aryl methyl sites for hydroxylation is 1. The largest absolute Gasteiger partial charge is 0.493 e. The third-order valence-electron chi connectivity index (χ3n) is 3.35. The SMILES string of the molecule is CCn1ncc(OC)c1C(O)(COC)C1CC1. The number of aliphatic hydroxyl groups is 1. The molecule has 0 saturated heterocycles. The molecule has 17 heavy (non-hydrogen) atoms. The monoisotopic (exact) mass is 240 g/mol. The van der Waals surface area contributed by atoms with Crippen molar-refractivity contribution in [3.63, 3.8) is 0 Å². The normalized spacial score (nSPS) is 19.1. The number of methoxy groups -OCH3 is 2. The zero-order valence-corrected chi connectivity index (χ0v) is 10.6. The van der Waals surface area contributed by atoms with E-state index in [1.165, 1.54) is 0 Å². The van der Waals surface area contributed by atoms with Gasteiger partial charge in [0, 0.05) is 13.7 Å². The molecule has 1 saturated carbocycles. The Kier molecular flexibility index (Phi) is 3.40. The van der Waals surface area contributed by atoms with Gasteiger partial charge in [-0.15, -0.1) is 0 Å². The Balaban J connectivity index is 2.43. The summed E-state index contributed by atoms with van der Waals surface area (Å²) in [5, 5.41) is 15.1. The van der Waals surface area contributed by atoms with Crippen LogP contribution in [0.4, 0.5) is 0 Å². The summed E-state index contributed by atoms with van der Waals surface area (Å²) < 4.78 is 12.3. The van der Waals surface area contributed by atoms with E-state index in [1.54, 1.807) is 25.1 Å². The molecule has 1 aromatic rings. The Bertz CT molecular complexity index is 366. The third kappa shape index (κ3) is 2.05. The van der Waals surface area contributed by atoms with Crippen LogP contribution in [0.25, 0.3) is 0 Å². The smallest absolute Gasteiger partial charge is 0.163 e. The number of aromatic nitrogens is 2. The van der Waals surface area contributed by atoms with Crippen molar-refractivity contribution in [3.8, 4) is 5.75 Å². The molecular formula is C12H20N2O3.